The van der Waals surface area contributed by atoms with Crippen molar-refractivity contribution in [2.24, 2.45) is 5.41 Å². The average Bonchev–Trinajstić information content (AvgIpc) is 2.99. The van der Waals surface area contributed by atoms with E-state index in [-0.39, 0.29) is 25.6 Å². The molecule has 0 bridgehead atoms. The number of aromatic nitrogens is 2. The maximum atomic E-state index is 12.6. The predicted molar refractivity (Wildman–Crippen MR) is 97.3 cm³/mol. The van der Waals surface area contributed by atoms with E-state index in [1.54, 1.807) is 12.4 Å². The molecule has 4 N–H and O–H groups in total. The molecule has 0 aliphatic carbocycles. The number of carbonyl (C=O) groups excluding carboxylic acids is 1. The monoisotopic (exact) mass is 417 g/mol. The number of hydrogen-bond acceptors (Lipinski definition) is 11. The number of aliphatic hydroxyl groups is 2. The van der Waals surface area contributed by atoms with Gasteiger partial charge in [-0.1, -0.05) is 6.92 Å². The zero-order valence-corrected chi connectivity index (χ0v) is 16.5. The van der Waals surface area contributed by atoms with Crippen LogP contribution in [0.25, 0.3) is 0 Å². The fraction of sp³-hybridized carbons (Fsp3) is 0.706. The first-order chi connectivity index (χ1) is 13.8. The van der Waals surface area contributed by atoms with Gasteiger partial charge >= 0.3 is 11.7 Å². The van der Waals surface area contributed by atoms with Crippen LogP contribution in [-0.4, -0.2) is 83.3 Å². The minimum absolute atomic E-state index is 0.0851. The van der Waals surface area contributed by atoms with Crippen molar-refractivity contribution in [3.63, 3.8) is 0 Å². The fourth-order valence-corrected chi connectivity index (χ4v) is 3.14. The number of aliphatic hydroxyl groups excluding tert-OH is 2. The first-order valence-corrected chi connectivity index (χ1v) is 8.99. The second-order valence-electron chi connectivity index (χ2n) is 6.76. The van der Waals surface area contributed by atoms with Gasteiger partial charge in [-0.2, -0.15) is 4.98 Å². The van der Waals surface area contributed by atoms with Crippen LogP contribution < -0.4 is 11.2 Å². The van der Waals surface area contributed by atoms with Gasteiger partial charge in [0.05, 0.1) is 13.2 Å². The van der Waals surface area contributed by atoms with Crippen molar-refractivity contribution in [2.45, 2.75) is 37.9 Å². The number of nitrogens with one attached hydrogen (secondary N) is 1. The molecule has 4 atom stereocenters. The molecule has 29 heavy (non-hydrogen) atoms. The third-order valence-electron chi connectivity index (χ3n) is 4.89. The molecule has 12 nitrogen and oxygen atoms in total. The van der Waals surface area contributed by atoms with E-state index < -0.39 is 41.6 Å². The quantitative estimate of drug-likeness (QED) is 0.270. The normalized spacial score (nSPS) is 24.5. The van der Waals surface area contributed by atoms with Gasteiger partial charge in [-0.3, -0.25) is 20.0 Å². The molecule has 1 aromatic heterocycles. The summed E-state index contributed by atoms with van der Waals surface area (Å²) >= 11 is 0. The lowest BCUT2D eigenvalue weighted by atomic mass is 9.87. The minimum Gasteiger partial charge on any atom is -0.462 e. The summed E-state index contributed by atoms with van der Waals surface area (Å²) < 4.78 is 22.1. The van der Waals surface area contributed by atoms with Crippen LogP contribution in [0.4, 0.5) is 5.82 Å². The maximum absolute atomic E-state index is 12.6. The standard InChI is InChI=1S/C17H27N3O9/c1-4-17(8-26-2,9-27-3)15(23)28-7-10-12(21)13(22)14(29-10)20-6-5-11(19-25)18-16(20)24/h5-6,10,12-14,21-22,25H,4,7-9H2,1-3H3,(H,18,19,24)/t10-,12-,13-,14-/m1/s1. The van der Waals surface area contributed by atoms with Crippen molar-refractivity contribution in [3.8, 4) is 0 Å². The van der Waals surface area contributed by atoms with Crippen LogP contribution in [0, 0.1) is 5.41 Å². The van der Waals surface area contributed by atoms with E-state index in [0.717, 1.165) is 4.57 Å². The molecule has 0 amide bonds. The molecule has 0 spiro atoms. The van der Waals surface area contributed by atoms with Crippen LogP contribution in [0.2, 0.25) is 0 Å². The fourth-order valence-electron chi connectivity index (χ4n) is 3.14. The van der Waals surface area contributed by atoms with Gasteiger partial charge in [0.25, 0.3) is 0 Å². The summed E-state index contributed by atoms with van der Waals surface area (Å²) in [6, 6.07) is 1.28. The van der Waals surface area contributed by atoms with Gasteiger partial charge in [-0.05, 0) is 12.5 Å². The summed E-state index contributed by atoms with van der Waals surface area (Å²) in [5, 5.41) is 29.3. The lowest BCUT2D eigenvalue weighted by Gasteiger charge is -2.29. The van der Waals surface area contributed by atoms with E-state index in [1.165, 1.54) is 26.5 Å². The van der Waals surface area contributed by atoms with Crippen molar-refractivity contribution in [3.05, 3.63) is 22.7 Å². The predicted octanol–water partition coefficient (Wildman–Crippen LogP) is -1.10. The Kier molecular flexibility index (Phi) is 8.07. The van der Waals surface area contributed by atoms with E-state index in [1.807, 2.05) is 0 Å². The molecule has 164 valence electrons. The molecule has 2 heterocycles. The zero-order valence-electron chi connectivity index (χ0n) is 16.5. The summed E-state index contributed by atoms with van der Waals surface area (Å²) in [4.78, 5) is 28.2. The first kappa shape index (κ1) is 23.2. The Morgan fingerprint density at radius 2 is 1.97 bits per heavy atom. The Hall–Kier alpha value is -2.09. The number of hydrogen-bond donors (Lipinski definition) is 4. The van der Waals surface area contributed by atoms with Crippen molar-refractivity contribution in [1.82, 2.24) is 9.55 Å². The van der Waals surface area contributed by atoms with Gasteiger partial charge in [-0.25, -0.2) is 4.79 Å². The van der Waals surface area contributed by atoms with E-state index in [4.69, 9.17) is 24.2 Å². The summed E-state index contributed by atoms with van der Waals surface area (Å²) in [6.45, 7) is 1.62. The number of rotatable bonds is 10. The van der Waals surface area contributed by atoms with Crippen LogP contribution in [0.15, 0.2) is 17.1 Å². The second-order valence-corrected chi connectivity index (χ2v) is 6.76. The van der Waals surface area contributed by atoms with Gasteiger partial charge in [0.2, 0.25) is 0 Å². The summed E-state index contributed by atoms with van der Waals surface area (Å²) in [5.74, 6) is -0.674. The molecule has 1 saturated heterocycles. The highest BCUT2D eigenvalue weighted by Gasteiger charge is 2.46. The average molecular weight is 417 g/mol. The highest BCUT2D eigenvalue weighted by molar-refractivity contribution is 5.77. The second kappa shape index (κ2) is 10.1. The molecular weight excluding hydrogens is 390 g/mol. The molecule has 0 saturated carbocycles. The van der Waals surface area contributed by atoms with Crippen LogP contribution in [0.1, 0.15) is 19.6 Å². The number of esters is 1. The summed E-state index contributed by atoms with van der Waals surface area (Å²) in [7, 11) is 2.92. The molecular formula is C17H27N3O9. The summed E-state index contributed by atoms with van der Waals surface area (Å²) in [6.07, 6.45) is -3.53. The van der Waals surface area contributed by atoms with Crippen molar-refractivity contribution in [2.75, 3.05) is 39.5 Å². The van der Waals surface area contributed by atoms with Crippen molar-refractivity contribution >= 4 is 11.8 Å². The number of carbonyl (C=O) groups is 1. The van der Waals surface area contributed by atoms with Gasteiger partial charge in [0, 0.05) is 20.4 Å². The molecule has 1 aromatic rings. The van der Waals surface area contributed by atoms with Gasteiger partial charge in [-0.15, -0.1) is 0 Å². The van der Waals surface area contributed by atoms with Crippen molar-refractivity contribution < 1.29 is 39.2 Å². The van der Waals surface area contributed by atoms with E-state index in [9.17, 15) is 19.8 Å². The third kappa shape index (κ3) is 4.91. The highest BCUT2D eigenvalue weighted by Crippen LogP contribution is 2.30. The van der Waals surface area contributed by atoms with Gasteiger partial charge < -0.3 is 29.2 Å². The van der Waals surface area contributed by atoms with Crippen LogP contribution >= 0.6 is 0 Å². The van der Waals surface area contributed by atoms with Gasteiger partial charge in [0.15, 0.2) is 12.0 Å². The van der Waals surface area contributed by atoms with Crippen molar-refractivity contribution in [1.29, 1.82) is 0 Å². The Morgan fingerprint density at radius 1 is 1.31 bits per heavy atom. The summed E-state index contributed by atoms with van der Waals surface area (Å²) in [5.41, 5.74) is -0.0991. The largest absolute Gasteiger partial charge is 0.462 e. The molecule has 0 unspecified atom stereocenters. The van der Waals surface area contributed by atoms with E-state index in [2.05, 4.69) is 4.98 Å². The molecule has 1 aliphatic heterocycles. The SMILES string of the molecule is CCC(COC)(COC)C(=O)OC[C@H]1O[C@@H](n2ccc(NO)nc2=O)[C@H](O)[C@@H]1O. The highest BCUT2D eigenvalue weighted by atomic mass is 16.6. The Labute approximate surface area is 166 Å². The smallest absolute Gasteiger partial charge is 0.351 e. The zero-order chi connectivity index (χ0) is 21.6. The molecule has 1 aliphatic rings. The number of anilines is 1. The van der Waals surface area contributed by atoms with E-state index in [0.29, 0.717) is 6.42 Å². The molecule has 0 aromatic carbocycles. The Morgan fingerprint density at radius 3 is 2.48 bits per heavy atom. The Balaban J connectivity index is 2.09. The van der Waals surface area contributed by atoms with Crippen LogP contribution in [0.5, 0.6) is 0 Å². The molecule has 12 heteroatoms. The topological polar surface area (TPSA) is 162 Å². The van der Waals surface area contributed by atoms with Gasteiger partial charge in [0.1, 0.15) is 30.3 Å². The lowest BCUT2D eigenvalue weighted by molar-refractivity contribution is -0.169. The number of methoxy groups -OCH3 is 2. The molecule has 2 rings (SSSR count). The van der Waals surface area contributed by atoms with Crippen LogP contribution in [0.3, 0.4) is 0 Å². The number of ether oxygens (including phenoxy) is 4. The van der Waals surface area contributed by atoms with E-state index >= 15 is 0 Å². The lowest BCUT2D eigenvalue weighted by Crippen LogP contribution is -2.43. The number of nitrogens with zero attached hydrogens (tertiary/aromatic N) is 2. The molecule has 1 fully saturated rings. The first-order valence-electron chi connectivity index (χ1n) is 8.99. The molecule has 0 radical (unpaired) electrons. The minimum atomic E-state index is -1.46. The third-order valence-corrected chi connectivity index (χ3v) is 4.89. The Bertz CT molecular complexity index is 735. The van der Waals surface area contributed by atoms with Crippen LogP contribution in [-0.2, 0) is 23.7 Å². The maximum Gasteiger partial charge on any atom is 0.351 e.